The summed E-state index contributed by atoms with van der Waals surface area (Å²) in [5.74, 6) is -1.28. The zero-order valence-corrected chi connectivity index (χ0v) is 14.5. The first kappa shape index (κ1) is 16.0. The van der Waals surface area contributed by atoms with Crippen LogP contribution in [0.15, 0.2) is 70.0 Å². The smallest absolute Gasteiger partial charge is 0.308 e. The van der Waals surface area contributed by atoms with E-state index in [0.29, 0.717) is 6.42 Å². The van der Waals surface area contributed by atoms with Crippen LogP contribution in [0.1, 0.15) is 6.42 Å². The van der Waals surface area contributed by atoms with Crippen LogP contribution in [-0.2, 0) is 4.79 Å². The van der Waals surface area contributed by atoms with Crippen LogP contribution in [-0.4, -0.2) is 39.6 Å². The minimum atomic E-state index is -0.793. The largest absolute Gasteiger partial charge is 0.481 e. The van der Waals surface area contributed by atoms with Crippen LogP contribution >= 0.6 is 0 Å². The number of aliphatic carboxylic acids is 1. The molecule has 4 aliphatic rings. The fraction of sp³-hybridized carbons (Fsp3) is 0.190. The number of H-pyrrole nitrogens is 1. The Morgan fingerprint density at radius 1 is 0.963 bits per heavy atom. The van der Waals surface area contributed by atoms with E-state index in [1.165, 1.54) is 0 Å². The number of carboxylic acid groups (broad SMARTS) is 1. The van der Waals surface area contributed by atoms with Crippen molar-refractivity contribution in [2.24, 2.45) is 15.9 Å². The van der Waals surface area contributed by atoms with Gasteiger partial charge in [-0.2, -0.15) is 0 Å². The van der Waals surface area contributed by atoms with Gasteiger partial charge in [0.15, 0.2) is 0 Å². The summed E-state index contributed by atoms with van der Waals surface area (Å²) in [5.41, 5.74) is 3.34. The molecule has 1 aromatic heterocycles. The van der Waals surface area contributed by atoms with Crippen LogP contribution < -0.4 is 16.0 Å². The summed E-state index contributed by atoms with van der Waals surface area (Å²) in [7, 11) is 0. The van der Waals surface area contributed by atoms with Crippen molar-refractivity contribution in [1.29, 1.82) is 0 Å². The molecular formula is C21H18N4O2. The molecule has 1 fully saturated rings. The van der Waals surface area contributed by atoms with Gasteiger partial charge in [0, 0.05) is 22.8 Å². The molecule has 3 N–H and O–H groups in total. The SMILES string of the molecule is O=C(O)C1CC2/C=C3/C=CC(=N3)/C=c3/cc/c([nH]3)=C/C3=NC(=C\C1N2)/C=C3. The highest BCUT2D eigenvalue weighted by Crippen LogP contribution is 2.26. The van der Waals surface area contributed by atoms with Crippen molar-refractivity contribution in [3.63, 3.8) is 0 Å². The molecule has 3 unspecified atom stereocenters. The number of allylic oxidation sites excluding steroid dienone is 4. The van der Waals surface area contributed by atoms with Gasteiger partial charge in [-0.15, -0.1) is 0 Å². The minimum absolute atomic E-state index is 0.0407. The van der Waals surface area contributed by atoms with Crippen LogP contribution in [0.2, 0.25) is 0 Å². The Labute approximate surface area is 155 Å². The summed E-state index contributed by atoms with van der Waals surface area (Å²) >= 11 is 0. The normalized spacial score (nSPS) is 34.4. The molecule has 8 bridgehead atoms. The molecule has 0 amide bonds. The van der Waals surface area contributed by atoms with E-state index >= 15 is 0 Å². The van der Waals surface area contributed by atoms with E-state index < -0.39 is 11.9 Å². The Balaban J connectivity index is 1.63. The summed E-state index contributed by atoms with van der Waals surface area (Å²) in [6.45, 7) is 0. The molecule has 134 valence electrons. The molecule has 1 aromatic rings. The van der Waals surface area contributed by atoms with Gasteiger partial charge in [-0.05, 0) is 67.2 Å². The molecule has 0 spiro atoms. The first-order valence-corrected chi connectivity index (χ1v) is 8.97. The molecule has 1 saturated heterocycles. The molecule has 4 aliphatic heterocycles. The second-order valence-corrected chi connectivity index (χ2v) is 7.06. The second-order valence-electron chi connectivity index (χ2n) is 7.06. The maximum atomic E-state index is 11.7. The third kappa shape index (κ3) is 3.15. The van der Waals surface area contributed by atoms with Crippen LogP contribution in [0.4, 0.5) is 0 Å². The van der Waals surface area contributed by atoms with Gasteiger partial charge < -0.3 is 15.4 Å². The van der Waals surface area contributed by atoms with E-state index in [2.05, 4.69) is 20.3 Å². The first-order valence-electron chi connectivity index (χ1n) is 8.97. The monoisotopic (exact) mass is 358 g/mol. The number of carboxylic acids is 1. The number of fused-ring (bicyclic) bond motifs is 6. The lowest BCUT2D eigenvalue weighted by Gasteiger charge is -2.11. The number of rotatable bonds is 1. The molecule has 6 heteroatoms. The third-order valence-corrected chi connectivity index (χ3v) is 5.09. The fourth-order valence-electron chi connectivity index (χ4n) is 3.83. The fourth-order valence-corrected chi connectivity index (χ4v) is 3.83. The summed E-state index contributed by atoms with van der Waals surface area (Å²) < 4.78 is 0. The highest BCUT2D eigenvalue weighted by atomic mass is 16.4. The maximum Gasteiger partial charge on any atom is 0.308 e. The number of carbonyl (C=O) groups is 1. The topological polar surface area (TPSA) is 89.8 Å². The number of aliphatic imine (C=N–C) groups is 2. The summed E-state index contributed by atoms with van der Waals surface area (Å²) in [6.07, 6.45) is 16.2. The minimum Gasteiger partial charge on any atom is -0.481 e. The standard InChI is InChI=1S/C21H18N4O2/c26-21(27)19-10-18-9-16-4-3-14(23-16)7-12-1-2-13(22-12)8-15-5-6-17(24-15)11-20(19)25-18/h1-9,11,18-20,22,25H,10H2,(H,26,27)/b12-7-,13-8-,16-9-,17-11-. The molecule has 5 heterocycles. The number of nitrogens with zero attached hydrogens (tertiary/aromatic N) is 2. The van der Waals surface area contributed by atoms with Crippen LogP contribution in [0.3, 0.4) is 0 Å². The van der Waals surface area contributed by atoms with Crippen LogP contribution in [0, 0.1) is 5.92 Å². The predicted octanol–water partition coefficient (Wildman–Crippen LogP) is 0.810. The van der Waals surface area contributed by atoms with E-state index in [4.69, 9.17) is 0 Å². The van der Waals surface area contributed by atoms with Gasteiger partial charge in [0.1, 0.15) is 0 Å². The molecular weight excluding hydrogens is 340 g/mol. The molecule has 5 rings (SSSR count). The number of hydrogen-bond donors (Lipinski definition) is 3. The lowest BCUT2D eigenvalue weighted by molar-refractivity contribution is -0.141. The predicted molar refractivity (Wildman–Crippen MR) is 105 cm³/mol. The highest BCUT2D eigenvalue weighted by molar-refractivity contribution is 6.20. The lowest BCUT2D eigenvalue weighted by Crippen LogP contribution is -2.31. The van der Waals surface area contributed by atoms with Crippen LogP contribution in [0.25, 0.3) is 12.2 Å². The van der Waals surface area contributed by atoms with E-state index in [0.717, 1.165) is 33.5 Å². The highest BCUT2D eigenvalue weighted by Gasteiger charge is 2.36. The quantitative estimate of drug-likeness (QED) is 0.694. The Morgan fingerprint density at radius 2 is 1.59 bits per heavy atom. The zero-order chi connectivity index (χ0) is 18.4. The van der Waals surface area contributed by atoms with E-state index in [9.17, 15) is 9.90 Å². The maximum absolute atomic E-state index is 11.7. The van der Waals surface area contributed by atoms with Crippen molar-refractivity contribution in [1.82, 2.24) is 10.3 Å². The molecule has 0 aromatic carbocycles. The average molecular weight is 358 g/mol. The molecule has 0 saturated carbocycles. The van der Waals surface area contributed by atoms with Gasteiger partial charge in [-0.3, -0.25) is 4.79 Å². The van der Waals surface area contributed by atoms with E-state index in [-0.39, 0.29) is 12.1 Å². The first-order chi connectivity index (χ1) is 13.1. The number of nitrogens with one attached hydrogen (secondary N) is 2. The second kappa shape index (κ2) is 6.17. The van der Waals surface area contributed by atoms with E-state index in [1.807, 2.05) is 60.7 Å². The third-order valence-electron chi connectivity index (χ3n) is 5.09. The summed E-state index contributed by atoms with van der Waals surface area (Å²) in [4.78, 5) is 24.3. The van der Waals surface area contributed by atoms with Crippen molar-refractivity contribution in [3.05, 3.63) is 70.7 Å². The van der Waals surface area contributed by atoms with Crippen LogP contribution in [0.5, 0.6) is 0 Å². The van der Waals surface area contributed by atoms with Crippen molar-refractivity contribution in [2.45, 2.75) is 18.5 Å². The molecule has 0 radical (unpaired) electrons. The summed E-state index contributed by atoms with van der Waals surface area (Å²) in [6, 6.07) is 3.71. The molecule has 6 nitrogen and oxygen atoms in total. The lowest BCUT2D eigenvalue weighted by atomic mass is 9.98. The number of hydrogen-bond acceptors (Lipinski definition) is 4. The van der Waals surface area contributed by atoms with E-state index in [1.54, 1.807) is 0 Å². The van der Waals surface area contributed by atoms with Gasteiger partial charge in [0.25, 0.3) is 0 Å². The molecule has 3 atom stereocenters. The van der Waals surface area contributed by atoms with Crippen molar-refractivity contribution in [3.8, 4) is 0 Å². The van der Waals surface area contributed by atoms with Gasteiger partial charge >= 0.3 is 5.97 Å². The zero-order valence-electron chi connectivity index (χ0n) is 14.5. The van der Waals surface area contributed by atoms with Crippen molar-refractivity contribution < 1.29 is 9.90 Å². The molecule has 0 aliphatic carbocycles. The van der Waals surface area contributed by atoms with Crippen molar-refractivity contribution >= 4 is 29.5 Å². The van der Waals surface area contributed by atoms with Gasteiger partial charge in [0.05, 0.1) is 28.7 Å². The molecule has 27 heavy (non-hydrogen) atoms. The Morgan fingerprint density at radius 3 is 2.22 bits per heavy atom. The number of aromatic nitrogens is 1. The van der Waals surface area contributed by atoms with Gasteiger partial charge in [-0.1, -0.05) is 0 Å². The Kier molecular flexibility index (Phi) is 3.65. The Bertz CT molecular complexity index is 1130. The number of aromatic amines is 1. The van der Waals surface area contributed by atoms with Crippen molar-refractivity contribution in [2.75, 3.05) is 0 Å². The Hall–Kier alpha value is -3.25. The van der Waals surface area contributed by atoms with Gasteiger partial charge in [-0.25, -0.2) is 9.98 Å². The summed E-state index contributed by atoms with van der Waals surface area (Å²) in [5, 5.41) is 14.9. The average Bonchev–Trinajstić information content (AvgIpc) is 3.38. The van der Waals surface area contributed by atoms with Gasteiger partial charge in [0.2, 0.25) is 0 Å².